The van der Waals surface area contributed by atoms with Crippen molar-refractivity contribution in [1.82, 2.24) is 0 Å². The Balaban J connectivity index is 1.51. The van der Waals surface area contributed by atoms with Gasteiger partial charge in [0.15, 0.2) is 0 Å². The Hall–Kier alpha value is -2.58. The third-order valence-corrected chi connectivity index (χ3v) is 6.14. The Bertz CT molecular complexity index is 982. The summed E-state index contributed by atoms with van der Waals surface area (Å²) >= 11 is 0. The van der Waals surface area contributed by atoms with Crippen LogP contribution in [0.5, 0.6) is 0 Å². The Morgan fingerprint density at radius 1 is 0.714 bits per heavy atom. The van der Waals surface area contributed by atoms with Crippen molar-refractivity contribution in [2.45, 2.75) is 63.4 Å². The van der Waals surface area contributed by atoms with Crippen LogP contribution in [0.15, 0.2) is 91.0 Å². The van der Waals surface area contributed by atoms with Gasteiger partial charge in [-0.3, -0.25) is 0 Å². The summed E-state index contributed by atoms with van der Waals surface area (Å²) in [4.78, 5) is 0. The molecule has 6 atom stereocenters. The van der Waals surface area contributed by atoms with Crippen molar-refractivity contribution in [3.8, 4) is 0 Å². The van der Waals surface area contributed by atoms with Crippen LogP contribution in [-0.4, -0.2) is 53.4 Å². The van der Waals surface area contributed by atoms with E-state index in [-0.39, 0.29) is 6.61 Å². The van der Waals surface area contributed by atoms with Gasteiger partial charge in [-0.1, -0.05) is 91.0 Å². The van der Waals surface area contributed by atoms with Crippen LogP contribution in [0.1, 0.15) is 23.6 Å². The number of hydrogen-bond donors (Lipinski definition) is 2. The molecule has 186 valence electrons. The molecule has 4 rings (SSSR count). The summed E-state index contributed by atoms with van der Waals surface area (Å²) in [6.07, 6.45) is -4.62. The van der Waals surface area contributed by atoms with Gasteiger partial charge in [0, 0.05) is 0 Å². The van der Waals surface area contributed by atoms with Gasteiger partial charge in [-0.25, -0.2) is 0 Å². The quantitative estimate of drug-likeness (QED) is 0.436. The third-order valence-electron chi connectivity index (χ3n) is 6.14. The van der Waals surface area contributed by atoms with Crippen LogP contribution < -0.4 is 0 Å². The Labute approximate surface area is 207 Å². The lowest BCUT2D eigenvalue weighted by Crippen LogP contribution is -2.62. The fourth-order valence-electron chi connectivity index (χ4n) is 4.28. The van der Waals surface area contributed by atoms with Gasteiger partial charge in [0.2, 0.25) is 0 Å². The van der Waals surface area contributed by atoms with Crippen molar-refractivity contribution in [1.29, 1.82) is 0 Å². The van der Waals surface area contributed by atoms with E-state index in [0.717, 1.165) is 16.7 Å². The molecule has 2 N–H and O–H groups in total. The van der Waals surface area contributed by atoms with Gasteiger partial charge >= 0.3 is 0 Å². The van der Waals surface area contributed by atoms with E-state index in [9.17, 15) is 10.2 Å². The van der Waals surface area contributed by atoms with Crippen LogP contribution in [0.2, 0.25) is 0 Å². The van der Waals surface area contributed by atoms with Crippen molar-refractivity contribution < 1.29 is 29.2 Å². The first kappa shape index (κ1) is 25.5. The second kappa shape index (κ2) is 12.9. The number of aliphatic hydroxyl groups excluding tert-OH is 2. The van der Waals surface area contributed by atoms with E-state index in [1.165, 1.54) is 0 Å². The summed E-state index contributed by atoms with van der Waals surface area (Å²) < 4.78 is 24.7. The van der Waals surface area contributed by atoms with Gasteiger partial charge in [-0.2, -0.15) is 0 Å². The van der Waals surface area contributed by atoms with Crippen LogP contribution in [0.4, 0.5) is 0 Å². The average Bonchev–Trinajstić information content (AvgIpc) is 2.89. The van der Waals surface area contributed by atoms with Crippen molar-refractivity contribution in [2.24, 2.45) is 0 Å². The number of aliphatic hydroxyl groups is 2. The molecule has 0 bridgehead atoms. The highest BCUT2D eigenvalue weighted by molar-refractivity contribution is 5.15. The molecule has 0 radical (unpaired) electrons. The van der Waals surface area contributed by atoms with E-state index in [0.29, 0.717) is 19.8 Å². The molecule has 0 aromatic heterocycles. The first-order valence-corrected chi connectivity index (χ1v) is 12.1. The Morgan fingerprint density at radius 2 is 1.17 bits per heavy atom. The number of ether oxygens (including phenoxy) is 4. The van der Waals surface area contributed by atoms with Crippen LogP contribution in [0, 0.1) is 0 Å². The molecule has 35 heavy (non-hydrogen) atoms. The summed E-state index contributed by atoms with van der Waals surface area (Å²) in [6.45, 7) is 2.90. The minimum absolute atomic E-state index is 0.232. The molecule has 6 nitrogen and oxygen atoms in total. The predicted octanol–water partition coefficient (Wildman–Crippen LogP) is 3.88. The molecule has 0 spiro atoms. The maximum Gasteiger partial charge on any atom is 0.115 e. The van der Waals surface area contributed by atoms with Crippen LogP contribution in [0.25, 0.3) is 0 Å². The van der Waals surface area contributed by atoms with E-state index in [2.05, 4.69) is 0 Å². The highest BCUT2D eigenvalue weighted by atomic mass is 16.6. The molecule has 0 aliphatic carbocycles. The summed E-state index contributed by atoms with van der Waals surface area (Å²) in [6, 6.07) is 29.5. The van der Waals surface area contributed by atoms with Crippen molar-refractivity contribution >= 4 is 0 Å². The first-order chi connectivity index (χ1) is 17.1. The van der Waals surface area contributed by atoms with Gasteiger partial charge < -0.3 is 29.2 Å². The monoisotopic (exact) mass is 478 g/mol. The normalized spacial score (nSPS) is 25.3. The highest BCUT2D eigenvalue weighted by Gasteiger charge is 2.48. The lowest BCUT2D eigenvalue weighted by molar-refractivity contribution is -0.274. The smallest absolute Gasteiger partial charge is 0.115 e. The molecule has 1 fully saturated rings. The Morgan fingerprint density at radius 3 is 1.66 bits per heavy atom. The molecule has 1 saturated heterocycles. The van der Waals surface area contributed by atoms with E-state index >= 15 is 0 Å². The molecule has 1 aliphatic heterocycles. The second-order valence-electron chi connectivity index (χ2n) is 8.89. The van der Waals surface area contributed by atoms with E-state index in [1.807, 2.05) is 91.0 Å². The van der Waals surface area contributed by atoms with E-state index in [1.54, 1.807) is 6.92 Å². The Kier molecular flexibility index (Phi) is 9.42. The maximum atomic E-state index is 11.1. The molecular formula is C29H34O6. The van der Waals surface area contributed by atoms with Crippen molar-refractivity contribution in [2.75, 3.05) is 6.61 Å². The van der Waals surface area contributed by atoms with Gasteiger partial charge in [0.05, 0.1) is 32.5 Å². The second-order valence-corrected chi connectivity index (χ2v) is 8.89. The van der Waals surface area contributed by atoms with E-state index in [4.69, 9.17) is 18.9 Å². The summed E-state index contributed by atoms with van der Waals surface area (Å²) in [7, 11) is 0. The molecule has 1 unspecified atom stereocenters. The van der Waals surface area contributed by atoms with Crippen LogP contribution in [0.3, 0.4) is 0 Å². The minimum atomic E-state index is -1.06. The standard InChI is InChI=1S/C29H34O6/c1-21(30)27-26(31)29(34-19-24-15-9-4-10-16-24)28(33-18-23-13-7-3-8-14-23)25(35-27)20-32-17-22-11-5-2-6-12-22/h2-16,21,25-31H,17-20H2,1H3/t21?,25-,26-,27+,28-,29-/m1/s1. The minimum Gasteiger partial charge on any atom is -0.391 e. The van der Waals surface area contributed by atoms with Gasteiger partial charge in [-0.05, 0) is 23.6 Å². The molecular weight excluding hydrogens is 444 g/mol. The number of hydrogen-bond acceptors (Lipinski definition) is 6. The number of benzene rings is 3. The van der Waals surface area contributed by atoms with Gasteiger partial charge in [-0.15, -0.1) is 0 Å². The summed E-state index contributed by atoms with van der Waals surface area (Å²) in [5.74, 6) is 0. The lowest BCUT2D eigenvalue weighted by atomic mass is 9.92. The summed E-state index contributed by atoms with van der Waals surface area (Å²) in [5, 5.41) is 21.5. The van der Waals surface area contributed by atoms with Gasteiger partial charge in [0.1, 0.15) is 30.5 Å². The highest BCUT2D eigenvalue weighted by Crippen LogP contribution is 2.29. The van der Waals surface area contributed by atoms with Gasteiger partial charge in [0.25, 0.3) is 0 Å². The largest absolute Gasteiger partial charge is 0.391 e. The topological polar surface area (TPSA) is 77.4 Å². The molecule has 3 aromatic rings. The maximum absolute atomic E-state index is 11.1. The molecule has 6 heteroatoms. The number of rotatable bonds is 11. The first-order valence-electron chi connectivity index (χ1n) is 12.1. The summed E-state index contributed by atoms with van der Waals surface area (Å²) in [5.41, 5.74) is 3.04. The molecule has 0 saturated carbocycles. The molecule has 0 amide bonds. The van der Waals surface area contributed by atoms with E-state index < -0.39 is 36.6 Å². The molecule has 1 aliphatic rings. The zero-order chi connectivity index (χ0) is 24.5. The van der Waals surface area contributed by atoms with Crippen molar-refractivity contribution in [3.05, 3.63) is 108 Å². The van der Waals surface area contributed by atoms with Crippen molar-refractivity contribution in [3.63, 3.8) is 0 Å². The fraction of sp³-hybridized carbons (Fsp3) is 0.379. The average molecular weight is 479 g/mol. The SMILES string of the molecule is CC(O)[C@@H]1O[C@H](COCc2ccccc2)[C@@H](OCc2ccccc2)[C@H](OCc2ccccc2)[C@@H]1O. The van der Waals surface area contributed by atoms with Crippen LogP contribution in [-0.2, 0) is 38.8 Å². The fourth-order valence-corrected chi connectivity index (χ4v) is 4.28. The third kappa shape index (κ3) is 7.21. The molecule has 1 heterocycles. The zero-order valence-corrected chi connectivity index (χ0v) is 20.0. The lowest BCUT2D eigenvalue weighted by Gasteiger charge is -2.45. The predicted molar refractivity (Wildman–Crippen MR) is 132 cm³/mol. The molecule has 3 aromatic carbocycles. The van der Waals surface area contributed by atoms with Crippen LogP contribution >= 0.6 is 0 Å². The zero-order valence-electron chi connectivity index (χ0n) is 20.0.